The van der Waals surface area contributed by atoms with Gasteiger partial charge in [0.25, 0.3) is 5.91 Å². The van der Waals surface area contributed by atoms with Crippen LogP contribution in [-0.2, 0) is 0 Å². The Morgan fingerprint density at radius 1 is 1.54 bits per heavy atom. The number of hydrogen-bond acceptors (Lipinski definition) is 3. The van der Waals surface area contributed by atoms with E-state index in [1.54, 1.807) is 6.20 Å². The molecule has 1 rings (SSSR count). The lowest BCUT2D eigenvalue weighted by atomic mass is 10.0. The maximum Gasteiger partial charge on any atom is 0.269 e. The highest BCUT2D eigenvalue weighted by atomic mass is 16.1. The summed E-state index contributed by atoms with van der Waals surface area (Å²) in [5, 5.41) is 0. The van der Waals surface area contributed by atoms with E-state index in [1.165, 1.54) is 6.20 Å². The van der Waals surface area contributed by atoms with Crippen molar-refractivity contribution in [3.8, 4) is 0 Å². The average Bonchev–Trinajstić information content (AvgIpc) is 2.16. The highest BCUT2D eigenvalue weighted by Crippen LogP contribution is 2.17. The van der Waals surface area contributed by atoms with Gasteiger partial charge in [0, 0.05) is 18.3 Å². The molecule has 0 fully saturated rings. The van der Waals surface area contributed by atoms with Gasteiger partial charge in [-0.25, -0.2) is 4.98 Å². The molecule has 0 aliphatic rings. The summed E-state index contributed by atoms with van der Waals surface area (Å²) in [4.78, 5) is 19.0. The second kappa shape index (κ2) is 3.98. The number of hydrogen-bond donors (Lipinski definition) is 1. The molecule has 13 heavy (non-hydrogen) atoms. The lowest BCUT2D eigenvalue weighted by Crippen LogP contribution is -2.17. The number of carbonyl (C=O) groups excluding carboxylic acids is 1. The second-order valence-electron chi connectivity index (χ2n) is 2.96. The molecular formula is C9H13N3O. The van der Waals surface area contributed by atoms with Gasteiger partial charge >= 0.3 is 0 Å². The van der Waals surface area contributed by atoms with Crippen LogP contribution in [-0.4, -0.2) is 15.9 Å². The molecule has 1 atom stereocenters. The Balaban J connectivity index is 3.11. The quantitative estimate of drug-likeness (QED) is 0.755. The highest BCUT2D eigenvalue weighted by Gasteiger charge is 2.14. The lowest BCUT2D eigenvalue weighted by molar-refractivity contribution is 0.0993. The maximum atomic E-state index is 11.0. The van der Waals surface area contributed by atoms with Crippen LogP contribution in [0.3, 0.4) is 0 Å². The molecular weight excluding hydrogens is 166 g/mol. The molecule has 2 N–H and O–H groups in total. The van der Waals surface area contributed by atoms with E-state index in [-0.39, 0.29) is 11.6 Å². The number of rotatable bonds is 3. The Bertz CT molecular complexity index is 311. The van der Waals surface area contributed by atoms with Gasteiger partial charge in [0.15, 0.2) is 0 Å². The van der Waals surface area contributed by atoms with Crippen molar-refractivity contribution in [2.75, 3.05) is 0 Å². The van der Waals surface area contributed by atoms with Crippen LogP contribution in [0.2, 0.25) is 0 Å². The van der Waals surface area contributed by atoms with Gasteiger partial charge < -0.3 is 5.73 Å². The third-order valence-corrected chi connectivity index (χ3v) is 2.04. The number of aromatic nitrogens is 2. The van der Waals surface area contributed by atoms with Crippen LogP contribution in [0.4, 0.5) is 0 Å². The summed E-state index contributed by atoms with van der Waals surface area (Å²) in [6.07, 6.45) is 3.97. The SMILES string of the molecule is CCC(C)c1nccnc1C(N)=O. The van der Waals surface area contributed by atoms with E-state index >= 15 is 0 Å². The molecule has 0 spiro atoms. The Kier molecular flexibility index (Phi) is 2.95. The lowest BCUT2D eigenvalue weighted by Gasteiger charge is -2.09. The zero-order valence-electron chi connectivity index (χ0n) is 7.82. The molecule has 0 radical (unpaired) electrons. The standard InChI is InChI=1S/C9H13N3O/c1-3-6(2)7-8(9(10)13)12-5-4-11-7/h4-6H,3H2,1-2H3,(H2,10,13). The molecule has 4 heteroatoms. The largest absolute Gasteiger partial charge is 0.364 e. The summed E-state index contributed by atoms with van der Waals surface area (Å²) in [5.41, 5.74) is 6.15. The van der Waals surface area contributed by atoms with Crippen molar-refractivity contribution in [2.45, 2.75) is 26.2 Å². The van der Waals surface area contributed by atoms with Crippen LogP contribution in [0.5, 0.6) is 0 Å². The van der Waals surface area contributed by atoms with Crippen LogP contribution in [0.1, 0.15) is 42.4 Å². The summed E-state index contributed by atoms with van der Waals surface area (Å²) in [6, 6.07) is 0. The Hall–Kier alpha value is -1.45. The predicted molar refractivity (Wildman–Crippen MR) is 49.3 cm³/mol. The molecule has 1 aromatic rings. The monoisotopic (exact) mass is 179 g/mol. The van der Waals surface area contributed by atoms with E-state index in [9.17, 15) is 4.79 Å². The van der Waals surface area contributed by atoms with E-state index in [0.717, 1.165) is 6.42 Å². The minimum atomic E-state index is -0.511. The molecule has 1 unspecified atom stereocenters. The third kappa shape index (κ3) is 2.02. The van der Waals surface area contributed by atoms with Crippen LogP contribution < -0.4 is 5.73 Å². The van der Waals surface area contributed by atoms with Gasteiger partial charge in [0.05, 0.1) is 5.69 Å². The van der Waals surface area contributed by atoms with Gasteiger partial charge in [-0.1, -0.05) is 13.8 Å². The smallest absolute Gasteiger partial charge is 0.269 e. The molecule has 0 aliphatic carbocycles. The maximum absolute atomic E-state index is 11.0. The van der Waals surface area contributed by atoms with E-state index in [2.05, 4.69) is 9.97 Å². The summed E-state index contributed by atoms with van der Waals surface area (Å²) in [6.45, 7) is 4.03. The fourth-order valence-corrected chi connectivity index (χ4v) is 1.09. The first-order valence-corrected chi connectivity index (χ1v) is 4.27. The Morgan fingerprint density at radius 3 is 2.69 bits per heavy atom. The fourth-order valence-electron chi connectivity index (χ4n) is 1.09. The molecule has 0 aliphatic heterocycles. The fraction of sp³-hybridized carbons (Fsp3) is 0.444. The summed E-state index contributed by atoms with van der Waals surface area (Å²) in [7, 11) is 0. The van der Waals surface area contributed by atoms with Crippen molar-refractivity contribution >= 4 is 5.91 Å². The highest BCUT2D eigenvalue weighted by molar-refractivity contribution is 5.91. The first-order chi connectivity index (χ1) is 6.16. The molecule has 0 aromatic carbocycles. The van der Waals surface area contributed by atoms with E-state index in [1.807, 2.05) is 13.8 Å². The van der Waals surface area contributed by atoms with Gasteiger partial charge in [-0.2, -0.15) is 0 Å². The Morgan fingerprint density at radius 2 is 2.15 bits per heavy atom. The third-order valence-electron chi connectivity index (χ3n) is 2.04. The van der Waals surface area contributed by atoms with Crippen molar-refractivity contribution < 1.29 is 4.79 Å². The molecule has 4 nitrogen and oxygen atoms in total. The molecule has 1 amide bonds. The van der Waals surface area contributed by atoms with Crippen LogP contribution >= 0.6 is 0 Å². The molecule has 1 aromatic heterocycles. The van der Waals surface area contributed by atoms with Gasteiger partial charge in [0.2, 0.25) is 0 Å². The van der Waals surface area contributed by atoms with Crippen molar-refractivity contribution in [3.05, 3.63) is 23.8 Å². The number of carbonyl (C=O) groups is 1. The molecule has 70 valence electrons. The summed E-state index contributed by atoms with van der Waals surface area (Å²) in [5.74, 6) is -0.292. The van der Waals surface area contributed by atoms with E-state index in [0.29, 0.717) is 5.69 Å². The summed E-state index contributed by atoms with van der Waals surface area (Å²) >= 11 is 0. The first-order valence-electron chi connectivity index (χ1n) is 4.27. The van der Waals surface area contributed by atoms with Crippen LogP contribution in [0.15, 0.2) is 12.4 Å². The van der Waals surface area contributed by atoms with E-state index < -0.39 is 5.91 Å². The van der Waals surface area contributed by atoms with Crippen molar-refractivity contribution in [1.29, 1.82) is 0 Å². The zero-order valence-corrected chi connectivity index (χ0v) is 7.82. The van der Waals surface area contributed by atoms with Crippen molar-refractivity contribution in [1.82, 2.24) is 9.97 Å². The van der Waals surface area contributed by atoms with Gasteiger partial charge in [-0.05, 0) is 6.42 Å². The topological polar surface area (TPSA) is 68.9 Å². The zero-order chi connectivity index (χ0) is 9.84. The average molecular weight is 179 g/mol. The number of nitrogens with zero attached hydrogens (tertiary/aromatic N) is 2. The molecule has 0 saturated heterocycles. The Labute approximate surface area is 77.2 Å². The molecule has 0 bridgehead atoms. The van der Waals surface area contributed by atoms with Crippen molar-refractivity contribution in [2.24, 2.45) is 5.73 Å². The van der Waals surface area contributed by atoms with Gasteiger partial charge in [0.1, 0.15) is 5.69 Å². The van der Waals surface area contributed by atoms with Gasteiger partial charge in [-0.3, -0.25) is 9.78 Å². The number of primary amides is 1. The minimum absolute atomic E-state index is 0.219. The first kappa shape index (κ1) is 9.64. The second-order valence-corrected chi connectivity index (χ2v) is 2.96. The van der Waals surface area contributed by atoms with Crippen molar-refractivity contribution in [3.63, 3.8) is 0 Å². The minimum Gasteiger partial charge on any atom is -0.364 e. The van der Waals surface area contributed by atoms with Gasteiger partial charge in [-0.15, -0.1) is 0 Å². The van der Waals surface area contributed by atoms with Crippen LogP contribution in [0, 0.1) is 0 Å². The number of amides is 1. The molecule has 1 heterocycles. The van der Waals surface area contributed by atoms with Crippen LogP contribution in [0.25, 0.3) is 0 Å². The normalized spacial score (nSPS) is 12.5. The predicted octanol–water partition coefficient (Wildman–Crippen LogP) is 1.09. The molecule has 0 saturated carbocycles. The van der Waals surface area contributed by atoms with E-state index in [4.69, 9.17) is 5.73 Å². The summed E-state index contributed by atoms with van der Waals surface area (Å²) < 4.78 is 0. The number of nitrogens with two attached hydrogens (primary N) is 1.